The number of carbonyl (C=O) groups is 1. The quantitative estimate of drug-likeness (QED) is 0.710. The molecule has 2 aromatic rings. The van der Waals surface area contributed by atoms with Crippen molar-refractivity contribution in [1.29, 1.82) is 0 Å². The van der Waals surface area contributed by atoms with Crippen LogP contribution in [0.2, 0.25) is 10.0 Å². The SMILES string of the molecule is O=C(c1ccc(Cl)c(Cl)c1)N(CCCl)Cc1ccccc1. The lowest BCUT2D eigenvalue weighted by Gasteiger charge is -2.22. The van der Waals surface area contributed by atoms with Gasteiger partial charge in [0.05, 0.1) is 10.0 Å². The molecular formula is C16H14Cl3NO. The number of carbonyl (C=O) groups excluding carboxylic acids is 1. The van der Waals surface area contributed by atoms with Crippen molar-refractivity contribution in [3.05, 3.63) is 69.7 Å². The fourth-order valence-corrected chi connectivity index (χ4v) is 2.47. The zero-order chi connectivity index (χ0) is 15.2. The Balaban J connectivity index is 2.20. The van der Waals surface area contributed by atoms with E-state index in [0.717, 1.165) is 5.56 Å². The standard InChI is InChI=1S/C16H14Cl3NO/c17-8-9-20(11-12-4-2-1-3-5-12)16(21)13-6-7-14(18)15(19)10-13/h1-7,10H,8-9,11H2. The van der Waals surface area contributed by atoms with Crippen LogP contribution in [0.4, 0.5) is 0 Å². The van der Waals surface area contributed by atoms with Crippen LogP contribution in [-0.4, -0.2) is 23.2 Å². The average molecular weight is 343 g/mol. The number of benzene rings is 2. The highest BCUT2D eigenvalue weighted by Crippen LogP contribution is 2.23. The third-order valence-electron chi connectivity index (χ3n) is 3.02. The fourth-order valence-electron chi connectivity index (χ4n) is 1.97. The average Bonchev–Trinajstić information content (AvgIpc) is 2.50. The minimum absolute atomic E-state index is 0.113. The summed E-state index contributed by atoms with van der Waals surface area (Å²) in [6, 6.07) is 14.7. The predicted octanol–water partition coefficient (Wildman–Crippen LogP) is 4.87. The van der Waals surface area contributed by atoms with Gasteiger partial charge in [0.1, 0.15) is 0 Å². The Morgan fingerprint density at radius 1 is 1.00 bits per heavy atom. The molecule has 0 radical (unpaired) electrons. The maximum atomic E-state index is 12.6. The van der Waals surface area contributed by atoms with Crippen LogP contribution < -0.4 is 0 Å². The summed E-state index contributed by atoms with van der Waals surface area (Å²) in [5, 5.41) is 0.799. The Kier molecular flexibility index (Phi) is 5.92. The summed E-state index contributed by atoms with van der Waals surface area (Å²) in [6.45, 7) is 0.974. The van der Waals surface area contributed by atoms with Crippen molar-refractivity contribution < 1.29 is 4.79 Å². The van der Waals surface area contributed by atoms with Crippen LogP contribution in [0.5, 0.6) is 0 Å². The molecule has 2 rings (SSSR count). The summed E-state index contributed by atoms with van der Waals surface area (Å²) >= 11 is 17.7. The van der Waals surface area contributed by atoms with E-state index in [-0.39, 0.29) is 5.91 Å². The van der Waals surface area contributed by atoms with E-state index in [9.17, 15) is 4.79 Å². The molecule has 110 valence electrons. The summed E-state index contributed by atoms with van der Waals surface area (Å²) in [4.78, 5) is 14.3. The van der Waals surface area contributed by atoms with E-state index >= 15 is 0 Å². The first-order valence-electron chi connectivity index (χ1n) is 6.46. The van der Waals surface area contributed by atoms with E-state index in [2.05, 4.69) is 0 Å². The molecule has 5 heteroatoms. The van der Waals surface area contributed by atoms with Gasteiger partial charge in [0.15, 0.2) is 0 Å². The molecule has 0 saturated carbocycles. The first-order valence-corrected chi connectivity index (χ1v) is 7.75. The molecule has 0 saturated heterocycles. The zero-order valence-electron chi connectivity index (χ0n) is 11.2. The van der Waals surface area contributed by atoms with Gasteiger partial charge in [-0.2, -0.15) is 0 Å². The molecule has 0 fully saturated rings. The number of hydrogen-bond donors (Lipinski definition) is 0. The normalized spacial score (nSPS) is 10.4. The van der Waals surface area contributed by atoms with E-state index in [1.54, 1.807) is 23.1 Å². The van der Waals surface area contributed by atoms with E-state index in [0.29, 0.717) is 34.6 Å². The largest absolute Gasteiger partial charge is 0.333 e. The Labute approximate surface area is 139 Å². The molecule has 0 aromatic heterocycles. The minimum Gasteiger partial charge on any atom is -0.333 e. The smallest absolute Gasteiger partial charge is 0.254 e. The highest BCUT2D eigenvalue weighted by atomic mass is 35.5. The molecule has 1 amide bonds. The molecule has 0 aliphatic heterocycles. The molecule has 0 bridgehead atoms. The van der Waals surface area contributed by atoms with Crippen LogP contribution in [0.15, 0.2) is 48.5 Å². The lowest BCUT2D eigenvalue weighted by molar-refractivity contribution is 0.0754. The van der Waals surface area contributed by atoms with Crippen molar-refractivity contribution in [2.75, 3.05) is 12.4 Å². The van der Waals surface area contributed by atoms with E-state index in [4.69, 9.17) is 34.8 Å². The monoisotopic (exact) mass is 341 g/mol. The van der Waals surface area contributed by atoms with Gasteiger partial charge >= 0.3 is 0 Å². The molecule has 0 atom stereocenters. The Bertz CT molecular complexity index is 616. The van der Waals surface area contributed by atoms with Gasteiger partial charge in [0.2, 0.25) is 0 Å². The third kappa shape index (κ3) is 4.37. The van der Waals surface area contributed by atoms with Gasteiger partial charge in [-0.25, -0.2) is 0 Å². The summed E-state index contributed by atoms with van der Waals surface area (Å²) < 4.78 is 0. The summed E-state index contributed by atoms with van der Waals surface area (Å²) in [5.41, 5.74) is 1.56. The van der Waals surface area contributed by atoms with Crippen LogP contribution in [0.3, 0.4) is 0 Å². The molecule has 0 aliphatic carbocycles. The van der Waals surface area contributed by atoms with Crippen LogP contribution >= 0.6 is 34.8 Å². The molecule has 0 unspecified atom stereocenters. The number of nitrogens with zero attached hydrogens (tertiary/aromatic N) is 1. The highest BCUT2D eigenvalue weighted by molar-refractivity contribution is 6.42. The first-order chi connectivity index (χ1) is 10.1. The van der Waals surface area contributed by atoms with Crippen molar-refractivity contribution in [1.82, 2.24) is 4.90 Å². The molecule has 0 spiro atoms. The summed E-state index contributed by atoms with van der Waals surface area (Å²) in [7, 11) is 0. The predicted molar refractivity (Wildman–Crippen MR) is 88.4 cm³/mol. The zero-order valence-corrected chi connectivity index (χ0v) is 13.5. The van der Waals surface area contributed by atoms with Gasteiger partial charge in [-0.1, -0.05) is 53.5 Å². The maximum Gasteiger partial charge on any atom is 0.254 e. The number of halogens is 3. The topological polar surface area (TPSA) is 20.3 Å². The van der Waals surface area contributed by atoms with E-state index < -0.39 is 0 Å². The van der Waals surface area contributed by atoms with Crippen LogP contribution in [0.1, 0.15) is 15.9 Å². The maximum absolute atomic E-state index is 12.6. The van der Waals surface area contributed by atoms with Crippen LogP contribution in [-0.2, 0) is 6.54 Å². The second-order valence-electron chi connectivity index (χ2n) is 4.53. The van der Waals surface area contributed by atoms with Gasteiger partial charge in [0, 0.05) is 24.5 Å². The Morgan fingerprint density at radius 3 is 2.33 bits per heavy atom. The Hall–Kier alpha value is -1.22. The molecule has 21 heavy (non-hydrogen) atoms. The Morgan fingerprint density at radius 2 is 1.71 bits per heavy atom. The first kappa shape index (κ1) is 16.2. The van der Waals surface area contributed by atoms with Crippen molar-refractivity contribution >= 4 is 40.7 Å². The minimum atomic E-state index is -0.113. The number of amides is 1. The third-order valence-corrected chi connectivity index (χ3v) is 3.93. The summed E-state index contributed by atoms with van der Waals surface area (Å²) in [6.07, 6.45) is 0. The summed E-state index contributed by atoms with van der Waals surface area (Å²) in [5.74, 6) is 0.262. The molecular weight excluding hydrogens is 329 g/mol. The highest BCUT2D eigenvalue weighted by Gasteiger charge is 2.16. The van der Waals surface area contributed by atoms with Crippen molar-refractivity contribution in [3.63, 3.8) is 0 Å². The van der Waals surface area contributed by atoms with Gasteiger partial charge < -0.3 is 4.90 Å². The second-order valence-corrected chi connectivity index (χ2v) is 5.72. The van der Waals surface area contributed by atoms with Crippen molar-refractivity contribution in [2.45, 2.75) is 6.54 Å². The molecule has 0 heterocycles. The van der Waals surface area contributed by atoms with Crippen LogP contribution in [0.25, 0.3) is 0 Å². The van der Waals surface area contributed by atoms with Crippen LogP contribution in [0, 0.1) is 0 Å². The lowest BCUT2D eigenvalue weighted by atomic mass is 10.1. The van der Waals surface area contributed by atoms with E-state index in [1.807, 2.05) is 30.3 Å². The fraction of sp³-hybridized carbons (Fsp3) is 0.188. The number of rotatable bonds is 5. The lowest BCUT2D eigenvalue weighted by Crippen LogP contribution is -2.32. The van der Waals surface area contributed by atoms with Gasteiger partial charge in [-0.05, 0) is 23.8 Å². The number of alkyl halides is 1. The van der Waals surface area contributed by atoms with E-state index in [1.165, 1.54) is 0 Å². The van der Waals surface area contributed by atoms with Crippen molar-refractivity contribution in [2.24, 2.45) is 0 Å². The molecule has 0 aliphatic rings. The van der Waals surface area contributed by atoms with Gasteiger partial charge in [0.25, 0.3) is 5.91 Å². The molecule has 2 nitrogen and oxygen atoms in total. The molecule has 2 aromatic carbocycles. The number of hydrogen-bond acceptors (Lipinski definition) is 1. The molecule has 0 N–H and O–H groups in total. The van der Waals surface area contributed by atoms with Gasteiger partial charge in [-0.15, -0.1) is 11.6 Å². The van der Waals surface area contributed by atoms with Gasteiger partial charge in [-0.3, -0.25) is 4.79 Å². The van der Waals surface area contributed by atoms with Crippen molar-refractivity contribution in [3.8, 4) is 0 Å². The second kappa shape index (κ2) is 7.69.